The summed E-state index contributed by atoms with van der Waals surface area (Å²) in [5.74, 6) is -0.892. The molecule has 0 aromatic heterocycles. The third-order valence-electron chi connectivity index (χ3n) is 5.73. The zero-order valence-electron chi connectivity index (χ0n) is 17.1. The van der Waals surface area contributed by atoms with Crippen LogP contribution in [0.1, 0.15) is 24.0 Å². The van der Waals surface area contributed by atoms with Crippen LogP contribution in [0.5, 0.6) is 0 Å². The maximum absolute atomic E-state index is 13.1. The third kappa shape index (κ3) is 4.21. The van der Waals surface area contributed by atoms with Crippen LogP contribution < -0.4 is 10.6 Å². The summed E-state index contributed by atoms with van der Waals surface area (Å²) in [7, 11) is 0. The van der Waals surface area contributed by atoms with Crippen molar-refractivity contribution in [2.24, 2.45) is 5.92 Å². The number of nitrogens with one attached hydrogen (secondary N) is 2. The van der Waals surface area contributed by atoms with Gasteiger partial charge in [0.25, 0.3) is 0 Å². The highest BCUT2D eigenvalue weighted by Gasteiger charge is 2.38. The van der Waals surface area contributed by atoms with Crippen LogP contribution in [0.4, 0.5) is 11.4 Å². The van der Waals surface area contributed by atoms with Gasteiger partial charge in [0.05, 0.1) is 11.6 Å². The molecule has 6 nitrogen and oxygen atoms in total. The Morgan fingerprint density at radius 2 is 1.93 bits per heavy atom. The molecule has 2 unspecified atom stereocenters. The van der Waals surface area contributed by atoms with E-state index in [0.717, 1.165) is 34.7 Å². The number of amides is 3. The van der Waals surface area contributed by atoms with Gasteiger partial charge in [-0.25, -0.2) is 0 Å². The topological polar surface area (TPSA) is 78.5 Å². The molecule has 2 aromatic carbocycles. The summed E-state index contributed by atoms with van der Waals surface area (Å²) >= 11 is 1.28. The first-order valence-corrected chi connectivity index (χ1v) is 11.0. The lowest BCUT2D eigenvalue weighted by Crippen LogP contribution is -2.50. The van der Waals surface area contributed by atoms with Gasteiger partial charge in [-0.05, 0) is 62.1 Å². The molecular weight excluding hydrogens is 398 g/mol. The normalized spacial score (nSPS) is 20.9. The number of piperidine rings is 1. The molecule has 2 heterocycles. The second-order valence-electron chi connectivity index (χ2n) is 7.89. The molecule has 2 aliphatic rings. The number of thioether (sulfide) groups is 1. The van der Waals surface area contributed by atoms with E-state index in [0.29, 0.717) is 13.1 Å². The summed E-state index contributed by atoms with van der Waals surface area (Å²) in [6.07, 6.45) is 1.47. The number of hydrogen-bond acceptors (Lipinski definition) is 4. The molecule has 4 rings (SSSR count). The van der Waals surface area contributed by atoms with Crippen molar-refractivity contribution in [1.82, 2.24) is 4.90 Å². The summed E-state index contributed by atoms with van der Waals surface area (Å²) in [4.78, 5) is 40.9. The van der Waals surface area contributed by atoms with Crippen LogP contribution in [0.15, 0.2) is 47.4 Å². The summed E-state index contributed by atoms with van der Waals surface area (Å²) in [5, 5.41) is 4.98. The smallest absolute Gasteiger partial charge is 0.247 e. The van der Waals surface area contributed by atoms with Gasteiger partial charge in [-0.15, -0.1) is 11.8 Å². The Morgan fingerprint density at radius 1 is 1.13 bits per heavy atom. The van der Waals surface area contributed by atoms with Crippen molar-refractivity contribution in [2.75, 3.05) is 23.7 Å². The molecule has 7 heteroatoms. The highest BCUT2D eigenvalue weighted by Crippen LogP contribution is 2.36. The van der Waals surface area contributed by atoms with Gasteiger partial charge in [0.15, 0.2) is 5.25 Å². The molecule has 0 saturated carbocycles. The van der Waals surface area contributed by atoms with Gasteiger partial charge in [-0.1, -0.05) is 18.2 Å². The van der Waals surface area contributed by atoms with E-state index in [4.69, 9.17) is 0 Å². The molecule has 0 bridgehead atoms. The average Bonchev–Trinajstić information content (AvgIpc) is 2.75. The number of fused-ring (bicyclic) bond motifs is 1. The second-order valence-corrected chi connectivity index (χ2v) is 9.04. The Balaban J connectivity index is 1.42. The van der Waals surface area contributed by atoms with Crippen LogP contribution >= 0.6 is 11.8 Å². The van der Waals surface area contributed by atoms with Crippen LogP contribution in [0.3, 0.4) is 0 Å². The minimum atomic E-state index is -0.818. The van der Waals surface area contributed by atoms with E-state index in [1.54, 1.807) is 4.90 Å². The number of likely N-dealkylation sites (tertiary alicyclic amines) is 1. The summed E-state index contributed by atoms with van der Waals surface area (Å²) in [6.45, 7) is 4.94. The maximum atomic E-state index is 13.1. The zero-order chi connectivity index (χ0) is 21.3. The molecule has 2 aliphatic heterocycles. The van der Waals surface area contributed by atoms with Crippen molar-refractivity contribution in [3.63, 3.8) is 0 Å². The van der Waals surface area contributed by atoms with Gasteiger partial charge >= 0.3 is 0 Å². The Bertz CT molecular complexity index is 1010. The van der Waals surface area contributed by atoms with E-state index in [1.807, 2.05) is 56.3 Å². The first kappa shape index (κ1) is 20.5. The monoisotopic (exact) mass is 423 g/mol. The van der Waals surface area contributed by atoms with Gasteiger partial charge in [0.2, 0.25) is 17.7 Å². The van der Waals surface area contributed by atoms with E-state index in [1.165, 1.54) is 17.3 Å². The van der Waals surface area contributed by atoms with Crippen molar-refractivity contribution in [2.45, 2.75) is 36.8 Å². The van der Waals surface area contributed by atoms with Crippen LogP contribution in [0, 0.1) is 19.8 Å². The fraction of sp³-hybridized carbons (Fsp3) is 0.348. The zero-order valence-corrected chi connectivity index (χ0v) is 17.9. The Hall–Kier alpha value is -2.80. The molecule has 1 saturated heterocycles. The number of carbonyl (C=O) groups is 3. The lowest BCUT2D eigenvalue weighted by molar-refractivity contribution is -0.136. The Morgan fingerprint density at radius 3 is 2.73 bits per heavy atom. The molecule has 2 N–H and O–H groups in total. The average molecular weight is 424 g/mol. The van der Waals surface area contributed by atoms with Gasteiger partial charge in [0.1, 0.15) is 0 Å². The quantitative estimate of drug-likeness (QED) is 0.740. The van der Waals surface area contributed by atoms with E-state index < -0.39 is 5.25 Å². The molecule has 0 radical (unpaired) electrons. The standard InChI is InChI=1S/C23H25N3O3S/c1-14-9-10-17(12-15(14)2)24-21(27)16-6-5-11-26(13-16)23(29)20-22(28)25-18-7-3-4-8-19(18)30-20/h3-4,7-10,12,16,20H,5-6,11,13H2,1-2H3,(H,24,27)(H,25,28). The molecule has 2 atom stereocenters. The summed E-state index contributed by atoms with van der Waals surface area (Å²) in [6, 6.07) is 13.3. The van der Waals surface area contributed by atoms with E-state index in [-0.39, 0.29) is 23.6 Å². The summed E-state index contributed by atoms with van der Waals surface area (Å²) < 4.78 is 0. The summed E-state index contributed by atoms with van der Waals surface area (Å²) in [5.41, 5.74) is 3.80. The number of benzene rings is 2. The van der Waals surface area contributed by atoms with Crippen molar-refractivity contribution < 1.29 is 14.4 Å². The predicted molar refractivity (Wildman–Crippen MR) is 119 cm³/mol. The minimum absolute atomic E-state index is 0.0816. The minimum Gasteiger partial charge on any atom is -0.340 e. The van der Waals surface area contributed by atoms with Gasteiger partial charge in [-0.3, -0.25) is 14.4 Å². The Labute approximate surface area is 180 Å². The fourth-order valence-electron chi connectivity index (χ4n) is 3.83. The van der Waals surface area contributed by atoms with Gasteiger partial charge in [-0.2, -0.15) is 0 Å². The maximum Gasteiger partial charge on any atom is 0.247 e. The van der Waals surface area contributed by atoms with Crippen molar-refractivity contribution in [3.05, 3.63) is 53.6 Å². The number of anilines is 2. The number of para-hydroxylation sites is 1. The SMILES string of the molecule is Cc1ccc(NC(=O)C2CCCN(C(=O)C3Sc4ccccc4NC3=O)C2)cc1C. The number of carbonyl (C=O) groups excluding carboxylic acids is 3. The van der Waals surface area contributed by atoms with Crippen LogP contribution in [0.2, 0.25) is 0 Å². The predicted octanol–water partition coefficient (Wildman–Crippen LogP) is 3.59. The largest absolute Gasteiger partial charge is 0.340 e. The first-order valence-electron chi connectivity index (χ1n) is 10.2. The van der Waals surface area contributed by atoms with E-state index >= 15 is 0 Å². The lowest BCUT2D eigenvalue weighted by Gasteiger charge is -2.35. The molecule has 30 heavy (non-hydrogen) atoms. The van der Waals surface area contributed by atoms with E-state index in [9.17, 15) is 14.4 Å². The van der Waals surface area contributed by atoms with E-state index in [2.05, 4.69) is 10.6 Å². The van der Waals surface area contributed by atoms with Crippen molar-refractivity contribution in [3.8, 4) is 0 Å². The highest BCUT2D eigenvalue weighted by atomic mass is 32.2. The number of nitrogens with zero attached hydrogens (tertiary/aromatic N) is 1. The molecule has 1 fully saturated rings. The fourth-order valence-corrected chi connectivity index (χ4v) is 4.91. The van der Waals surface area contributed by atoms with Crippen LogP contribution in [-0.4, -0.2) is 41.0 Å². The van der Waals surface area contributed by atoms with Gasteiger partial charge in [0, 0.05) is 23.7 Å². The Kier molecular flexibility index (Phi) is 5.81. The number of hydrogen-bond donors (Lipinski definition) is 2. The molecular formula is C23H25N3O3S. The lowest BCUT2D eigenvalue weighted by atomic mass is 9.96. The van der Waals surface area contributed by atoms with Crippen LogP contribution in [-0.2, 0) is 14.4 Å². The number of aryl methyl sites for hydroxylation is 2. The molecule has 0 aliphatic carbocycles. The number of rotatable bonds is 3. The van der Waals surface area contributed by atoms with Crippen molar-refractivity contribution in [1.29, 1.82) is 0 Å². The molecule has 3 amide bonds. The molecule has 156 valence electrons. The van der Waals surface area contributed by atoms with Gasteiger partial charge < -0.3 is 15.5 Å². The second kappa shape index (κ2) is 8.52. The van der Waals surface area contributed by atoms with Crippen molar-refractivity contribution >= 4 is 40.9 Å². The first-order chi connectivity index (χ1) is 14.4. The highest BCUT2D eigenvalue weighted by molar-refractivity contribution is 8.01. The third-order valence-corrected chi connectivity index (χ3v) is 6.99. The molecule has 2 aromatic rings. The molecule has 0 spiro atoms. The van der Waals surface area contributed by atoms with Crippen LogP contribution in [0.25, 0.3) is 0 Å².